The van der Waals surface area contributed by atoms with Gasteiger partial charge >= 0.3 is 6.18 Å². The van der Waals surface area contributed by atoms with Crippen LogP contribution < -0.4 is 5.48 Å². The van der Waals surface area contributed by atoms with Crippen molar-refractivity contribution in [3.63, 3.8) is 0 Å². The second-order valence-corrected chi connectivity index (χ2v) is 3.77. The number of aryl methyl sites for hydroxylation is 1. The molecule has 1 N–H and O–H groups in total. The van der Waals surface area contributed by atoms with Crippen LogP contribution in [-0.2, 0) is 11.3 Å². The van der Waals surface area contributed by atoms with Crippen molar-refractivity contribution in [3.8, 4) is 0 Å². The minimum Gasteiger partial charge on any atom is -0.469 e. The van der Waals surface area contributed by atoms with Gasteiger partial charge in [0.05, 0.1) is 12.3 Å². The first-order chi connectivity index (χ1) is 7.56. The lowest BCUT2D eigenvalue weighted by Crippen LogP contribution is -2.29. The van der Waals surface area contributed by atoms with Gasteiger partial charge in [0.25, 0.3) is 0 Å². The molecule has 1 heterocycles. The molecule has 0 saturated heterocycles. The van der Waals surface area contributed by atoms with Crippen LogP contribution in [-0.4, -0.2) is 12.8 Å². The van der Waals surface area contributed by atoms with Crippen molar-refractivity contribution >= 4 is 0 Å². The van der Waals surface area contributed by atoms with Gasteiger partial charge in [0.2, 0.25) is 0 Å². The van der Waals surface area contributed by atoms with Crippen molar-refractivity contribution in [1.82, 2.24) is 5.48 Å². The summed E-state index contributed by atoms with van der Waals surface area (Å²) in [5.41, 5.74) is 3.34. The van der Waals surface area contributed by atoms with Crippen molar-refractivity contribution in [2.45, 2.75) is 31.5 Å². The average Bonchev–Trinajstić information content (AvgIpc) is 2.64. The molecule has 1 aliphatic carbocycles. The van der Waals surface area contributed by atoms with Crippen LogP contribution in [0.4, 0.5) is 13.2 Å². The lowest BCUT2D eigenvalue weighted by molar-refractivity contribution is -0.193. The van der Waals surface area contributed by atoms with Crippen molar-refractivity contribution in [1.29, 1.82) is 0 Å². The normalized spacial score (nSPS) is 20.8. The Labute approximate surface area is 90.5 Å². The van der Waals surface area contributed by atoms with E-state index >= 15 is 0 Å². The maximum absolute atomic E-state index is 11.9. The van der Waals surface area contributed by atoms with Gasteiger partial charge in [-0.05, 0) is 18.9 Å². The molecular weight excluding hydrogens is 223 g/mol. The van der Waals surface area contributed by atoms with Crippen molar-refractivity contribution in [2.75, 3.05) is 6.61 Å². The summed E-state index contributed by atoms with van der Waals surface area (Å²) < 4.78 is 40.8. The fraction of sp³-hybridized carbons (Fsp3) is 0.600. The minimum atomic E-state index is -4.30. The summed E-state index contributed by atoms with van der Waals surface area (Å²) in [5, 5.41) is 0. The van der Waals surface area contributed by atoms with E-state index in [-0.39, 0.29) is 6.04 Å². The maximum atomic E-state index is 11.9. The zero-order valence-electron chi connectivity index (χ0n) is 8.51. The SMILES string of the molecule is FC(F)(F)CONC1CCCc2occc21. The van der Waals surface area contributed by atoms with Crippen molar-refractivity contribution in [2.24, 2.45) is 0 Å². The Kier molecular flexibility index (Phi) is 3.20. The zero-order valence-corrected chi connectivity index (χ0v) is 8.51. The number of halogens is 3. The third-order valence-corrected chi connectivity index (χ3v) is 2.51. The van der Waals surface area contributed by atoms with Crippen LogP contribution in [0.25, 0.3) is 0 Å². The fourth-order valence-corrected chi connectivity index (χ4v) is 1.83. The highest BCUT2D eigenvalue weighted by atomic mass is 19.4. The van der Waals surface area contributed by atoms with Gasteiger partial charge in [0.15, 0.2) is 6.61 Å². The Hall–Kier alpha value is -1.01. The van der Waals surface area contributed by atoms with E-state index < -0.39 is 12.8 Å². The molecule has 3 nitrogen and oxygen atoms in total. The third-order valence-electron chi connectivity index (χ3n) is 2.51. The van der Waals surface area contributed by atoms with Crippen molar-refractivity contribution < 1.29 is 22.4 Å². The lowest BCUT2D eigenvalue weighted by atomic mass is 9.94. The highest BCUT2D eigenvalue weighted by Gasteiger charge is 2.29. The number of fused-ring (bicyclic) bond motifs is 1. The van der Waals surface area contributed by atoms with Crippen LogP contribution in [0.2, 0.25) is 0 Å². The maximum Gasteiger partial charge on any atom is 0.413 e. The Morgan fingerprint density at radius 3 is 3.06 bits per heavy atom. The van der Waals surface area contributed by atoms with Gasteiger partial charge in [-0.1, -0.05) is 0 Å². The molecule has 1 aromatic heterocycles. The molecule has 0 fully saturated rings. The minimum absolute atomic E-state index is 0.204. The highest BCUT2D eigenvalue weighted by Crippen LogP contribution is 2.30. The standard InChI is InChI=1S/C10H12F3NO2/c11-10(12,13)6-16-14-8-2-1-3-9-7(8)4-5-15-9/h4-5,8,14H,1-3,6H2. The van der Waals surface area contributed by atoms with Gasteiger partial charge in [0, 0.05) is 12.0 Å². The van der Waals surface area contributed by atoms with Crippen LogP contribution in [0.1, 0.15) is 30.2 Å². The Bertz CT molecular complexity index is 348. The molecule has 1 atom stereocenters. The van der Waals surface area contributed by atoms with Gasteiger partial charge in [-0.25, -0.2) is 0 Å². The van der Waals surface area contributed by atoms with E-state index in [1.165, 1.54) is 0 Å². The summed E-state index contributed by atoms with van der Waals surface area (Å²) in [5.74, 6) is 0.833. The van der Waals surface area contributed by atoms with E-state index in [0.29, 0.717) is 0 Å². The summed E-state index contributed by atoms with van der Waals surface area (Å²) in [6.07, 6.45) is -0.285. The first-order valence-corrected chi connectivity index (χ1v) is 5.06. The molecule has 0 bridgehead atoms. The predicted octanol–water partition coefficient (Wildman–Crippen LogP) is 2.74. The van der Waals surface area contributed by atoms with Gasteiger partial charge < -0.3 is 4.42 Å². The van der Waals surface area contributed by atoms with Crippen LogP contribution in [0, 0.1) is 0 Å². The van der Waals surface area contributed by atoms with Crippen LogP contribution >= 0.6 is 0 Å². The molecular formula is C10H12F3NO2. The number of hydroxylamine groups is 1. The second kappa shape index (κ2) is 4.47. The second-order valence-electron chi connectivity index (χ2n) is 3.77. The molecule has 0 saturated carbocycles. The molecule has 1 aromatic rings. The van der Waals surface area contributed by atoms with Gasteiger partial charge in [-0.3, -0.25) is 4.84 Å². The smallest absolute Gasteiger partial charge is 0.413 e. The predicted molar refractivity (Wildman–Crippen MR) is 49.5 cm³/mol. The first kappa shape index (κ1) is 11.5. The van der Waals surface area contributed by atoms with Crippen molar-refractivity contribution in [3.05, 3.63) is 23.7 Å². The first-order valence-electron chi connectivity index (χ1n) is 5.06. The molecule has 6 heteroatoms. The van der Waals surface area contributed by atoms with Gasteiger partial charge in [-0.15, -0.1) is 0 Å². The third kappa shape index (κ3) is 2.76. The molecule has 0 spiro atoms. The Morgan fingerprint density at radius 2 is 2.31 bits per heavy atom. The monoisotopic (exact) mass is 235 g/mol. The molecule has 2 rings (SSSR count). The highest BCUT2D eigenvalue weighted by molar-refractivity contribution is 5.23. The number of alkyl halides is 3. The van der Waals surface area contributed by atoms with E-state index in [9.17, 15) is 13.2 Å². The van der Waals surface area contributed by atoms with E-state index in [1.807, 2.05) is 0 Å². The molecule has 1 aliphatic rings. The van der Waals surface area contributed by atoms with E-state index in [1.54, 1.807) is 12.3 Å². The van der Waals surface area contributed by atoms with E-state index in [0.717, 1.165) is 30.6 Å². The molecule has 90 valence electrons. The number of furan rings is 1. The van der Waals surface area contributed by atoms with E-state index in [2.05, 4.69) is 10.3 Å². The number of rotatable bonds is 3. The summed E-state index contributed by atoms with van der Waals surface area (Å²) in [7, 11) is 0. The summed E-state index contributed by atoms with van der Waals surface area (Å²) in [6.45, 7) is -1.28. The van der Waals surface area contributed by atoms with Crippen LogP contribution in [0.3, 0.4) is 0 Å². The Balaban J connectivity index is 1.88. The molecule has 0 aromatic carbocycles. The Morgan fingerprint density at radius 1 is 1.50 bits per heavy atom. The van der Waals surface area contributed by atoms with Gasteiger partial charge in [-0.2, -0.15) is 18.7 Å². The number of hydrogen-bond acceptors (Lipinski definition) is 3. The lowest BCUT2D eigenvalue weighted by Gasteiger charge is -2.22. The topological polar surface area (TPSA) is 34.4 Å². The molecule has 16 heavy (non-hydrogen) atoms. The zero-order chi connectivity index (χ0) is 11.6. The molecule has 0 amide bonds. The number of nitrogens with one attached hydrogen (secondary N) is 1. The van der Waals surface area contributed by atoms with E-state index in [4.69, 9.17) is 4.42 Å². The van der Waals surface area contributed by atoms with Gasteiger partial charge in [0.1, 0.15) is 5.76 Å². The summed E-state index contributed by atoms with van der Waals surface area (Å²) in [4.78, 5) is 4.45. The summed E-state index contributed by atoms with van der Waals surface area (Å²) >= 11 is 0. The fourth-order valence-electron chi connectivity index (χ4n) is 1.83. The largest absolute Gasteiger partial charge is 0.469 e. The number of hydrogen-bond donors (Lipinski definition) is 1. The average molecular weight is 235 g/mol. The molecule has 0 aliphatic heterocycles. The summed E-state index contributed by atoms with van der Waals surface area (Å²) in [6, 6.07) is 1.56. The van der Waals surface area contributed by atoms with Crippen LogP contribution in [0.15, 0.2) is 16.7 Å². The quantitative estimate of drug-likeness (QED) is 0.818. The van der Waals surface area contributed by atoms with Crippen LogP contribution in [0.5, 0.6) is 0 Å². The molecule has 0 radical (unpaired) electrons. The molecule has 1 unspecified atom stereocenters.